The molecule has 3 aromatic rings. The number of aromatic nitrogens is 5. The molecule has 136 valence electrons. The normalized spacial score (nSPS) is 12.0. The number of methoxy groups -OCH3 is 1. The number of hydrogen-bond acceptors (Lipinski definition) is 7. The van der Waals surface area contributed by atoms with E-state index in [0.717, 1.165) is 11.3 Å². The number of halogens is 1. The molecule has 1 atom stereocenters. The summed E-state index contributed by atoms with van der Waals surface area (Å²) in [6.45, 7) is 2.33. The van der Waals surface area contributed by atoms with Crippen molar-refractivity contribution in [2.75, 3.05) is 19.0 Å². The Bertz CT molecular complexity index is 868. The standard InChI is InChI=1S/C17H19ClN6O2/c1-11(10-25-3)26-16-14(18)4-5-15(23-16)12-6-19-17(20-7-12)22-13-8-21-24(2)9-13/h4-9,11H,10H2,1-3H3,(H,19,20,22)/t11-/m0/s1. The molecule has 26 heavy (non-hydrogen) atoms. The second kappa shape index (κ2) is 8.11. The van der Waals surface area contributed by atoms with Crippen LogP contribution < -0.4 is 10.1 Å². The first-order chi connectivity index (χ1) is 12.5. The van der Waals surface area contributed by atoms with Crippen LogP contribution in [-0.4, -0.2) is 44.6 Å². The van der Waals surface area contributed by atoms with E-state index in [4.69, 9.17) is 21.1 Å². The molecule has 0 aliphatic carbocycles. The molecular weight excluding hydrogens is 356 g/mol. The Morgan fingerprint density at radius 1 is 1.23 bits per heavy atom. The topological polar surface area (TPSA) is 87.0 Å². The van der Waals surface area contributed by atoms with Crippen LogP contribution in [0.1, 0.15) is 6.92 Å². The molecule has 8 nitrogen and oxygen atoms in total. The van der Waals surface area contributed by atoms with Gasteiger partial charge in [-0.15, -0.1) is 0 Å². The highest BCUT2D eigenvalue weighted by Crippen LogP contribution is 2.27. The van der Waals surface area contributed by atoms with Crippen LogP contribution in [-0.2, 0) is 11.8 Å². The van der Waals surface area contributed by atoms with Crippen LogP contribution in [0.25, 0.3) is 11.3 Å². The minimum Gasteiger partial charge on any atom is -0.471 e. The molecule has 0 saturated carbocycles. The Morgan fingerprint density at radius 3 is 2.65 bits per heavy atom. The number of aryl methyl sites for hydroxylation is 1. The molecule has 0 aromatic carbocycles. The third kappa shape index (κ3) is 4.47. The zero-order chi connectivity index (χ0) is 18.5. The molecule has 3 rings (SSSR count). The van der Waals surface area contributed by atoms with Gasteiger partial charge in [-0.2, -0.15) is 5.10 Å². The molecule has 0 radical (unpaired) electrons. The summed E-state index contributed by atoms with van der Waals surface area (Å²) in [5.41, 5.74) is 2.23. The molecule has 3 heterocycles. The molecule has 1 N–H and O–H groups in total. The number of hydrogen-bond donors (Lipinski definition) is 1. The Labute approximate surface area is 156 Å². The molecule has 0 spiro atoms. The fourth-order valence-electron chi connectivity index (χ4n) is 2.27. The van der Waals surface area contributed by atoms with Gasteiger partial charge in [0.1, 0.15) is 11.1 Å². The first-order valence-electron chi connectivity index (χ1n) is 7.95. The lowest BCUT2D eigenvalue weighted by atomic mass is 10.2. The molecule has 0 saturated heterocycles. The van der Waals surface area contributed by atoms with Crippen molar-refractivity contribution < 1.29 is 9.47 Å². The first-order valence-corrected chi connectivity index (χ1v) is 8.33. The van der Waals surface area contributed by atoms with Crippen molar-refractivity contribution in [2.45, 2.75) is 13.0 Å². The Balaban J connectivity index is 1.76. The van der Waals surface area contributed by atoms with E-state index in [2.05, 4.69) is 25.4 Å². The molecule has 0 bridgehead atoms. The average molecular weight is 375 g/mol. The third-order valence-electron chi connectivity index (χ3n) is 3.44. The van der Waals surface area contributed by atoms with Crippen molar-refractivity contribution in [3.8, 4) is 17.1 Å². The summed E-state index contributed by atoms with van der Waals surface area (Å²) < 4.78 is 12.5. The van der Waals surface area contributed by atoms with Crippen molar-refractivity contribution in [1.29, 1.82) is 0 Å². The van der Waals surface area contributed by atoms with Crippen molar-refractivity contribution in [3.05, 3.63) is 41.9 Å². The van der Waals surface area contributed by atoms with E-state index in [1.54, 1.807) is 42.5 Å². The molecule has 0 unspecified atom stereocenters. The molecular formula is C17H19ClN6O2. The van der Waals surface area contributed by atoms with Gasteiger partial charge in [0.05, 0.1) is 24.2 Å². The van der Waals surface area contributed by atoms with E-state index in [1.807, 2.05) is 20.2 Å². The highest BCUT2D eigenvalue weighted by molar-refractivity contribution is 6.31. The van der Waals surface area contributed by atoms with Gasteiger partial charge in [0, 0.05) is 38.3 Å². The second-order valence-electron chi connectivity index (χ2n) is 5.69. The molecule has 3 aromatic heterocycles. The van der Waals surface area contributed by atoms with Gasteiger partial charge in [-0.1, -0.05) is 11.6 Å². The quantitative estimate of drug-likeness (QED) is 0.679. The van der Waals surface area contributed by atoms with Gasteiger partial charge in [0.25, 0.3) is 0 Å². The highest BCUT2D eigenvalue weighted by Gasteiger charge is 2.12. The molecule has 0 aliphatic heterocycles. The summed E-state index contributed by atoms with van der Waals surface area (Å²) >= 11 is 6.17. The van der Waals surface area contributed by atoms with Crippen LogP contribution in [0.2, 0.25) is 5.02 Å². The van der Waals surface area contributed by atoms with Gasteiger partial charge in [0.15, 0.2) is 0 Å². The summed E-state index contributed by atoms with van der Waals surface area (Å²) in [4.78, 5) is 13.1. The molecule has 0 amide bonds. The number of rotatable bonds is 7. The third-order valence-corrected chi connectivity index (χ3v) is 3.72. The van der Waals surface area contributed by atoms with Crippen molar-refractivity contribution in [1.82, 2.24) is 24.7 Å². The maximum absolute atomic E-state index is 6.17. The first kappa shape index (κ1) is 18.1. The molecule has 0 fully saturated rings. The van der Waals surface area contributed by atoms with Gasteiger partial charge in [-0.25, -0.2) is 15.0 Å². The highest BCUT2D eigenvalue weighted by atomic mass is 35.5. The fourth-order valence-corrected chi connectivity index (χ4v) is 2.42. The number of nitrogens with zero attached hydrogens (tertiary/aromatic N) is 5. The summed E-state index contributed by atoms with van der Waals surface area (Å²) in [5, 5.41) is 7.60. The predicted molar refractivity (Wildman–Crippen MR) is 98.7 cm³/mol. The lowest BCUT2D eigenvalue weighted by Crippen LogP contribution is -2.18. The largest absolute Gasteiger partial charge is 0.471 e. The van der Waals surface area contributed by atoms with Crippen LogP contribution in [0.5, 0.6) is 5.88 Å². The van der Waals surface area contributed by atoms with E-state index in [-0.39, 0.29) is 6.10 Å². The number of nitrogens with one attached hydrogen (secondary N) is 1. The predicted octanol–water partition coefficient (Wildman–Crippen LogP) is 3.08. The van der Waals surface area contributed by atoms with Crippen LogP contribution in [0.4, 0.5) is 11.6 Å². The van der Waals surface area contributed by atoms with Gasteiger partial charge >= 0.3 is 0 Å². The minimum absolute atomic E-state index is 0.164. The summed E-state index contributed by atoms with van der Waals surface area (Å²) in [6.07, 6.45) is 6.74. The monoisotopic (exact) mass is 374 g/mol. The van der Waals surface area contributed by atoms with Gasteiger partial charge in [-0.3, -0.25) is 4.68 Å². The van der Waals surface area contributed by atoms with Crippen molar-refractivity contribution >= 4 is 23.2 Å². The maximum atomic E-state index is 6.17. The van der Waals surface area contributed by atoms with Gasteiger partial charge in [-0.05, 0) is 19.1 Å². The smallest absolute Gasteiger partial charge is 0.233 e. The summed E-state index contributed by atoms with van der Waals surface area (Å²) in [6, 6.07) is 3.53. The van der Waals surface area contributed by atoms with Crippen LogP contribution in [0.15, 0.2) is 36.9 Å². The Morgan fingerprint density at radius 2 is 2.00 bits per heavy atom. The zero-order valence-electron chi connectivity index (χ0n) is 14.7. The van der Waals surface area contributed by atoms with Crippen LogP contribution in [0.3, 0.4) is 0 Å². The van der Waals surface area contributed by atoms with Crippen molar-refractivity contribution in [2.24, 2.45) is 7.05 Å². The number of anilines is 2. The lowest BCUT2D eigenvalue weighted by molar-refractivity contribution is 0.0891. The number of ether oxygens (including phenoxy) is 2. The van der Waals surface area contributed by atoms with E-state index in [1.165, 1.54) is 0 Å². The summed E-state index contributed by atoms with van der Waals surface area (Å²) in [7, 11) is 3.46. The molecule has 9 heteroatoms. The zero-order valence-corrected chi connectivity index (χ0v) is 15.4. The van der Waals surface area contributed by atoms with Crippen LogP contribution >= 0.6 is 11.6 Å². The van der Waals surface area contributed by atoms with E-state index >= 15 is 0 Å². The summed E-state index contributed by atoms with van der Waals surface area (Å²) in [5.74, 6) is 0.826. The average Bonchev–Trinajstić information content (AvgIpc) is 3.03. The fraction of sp³-hybridized carbons (Fsp3) is 0.294. The second-order valence-corrected chi connectivity index (χ2v) is 6.10. The Hall–Kier alpha value is -2.71. The number of pyridine rings is 1. The van der Waals surface area contributed by atoms with Crippen molar-refractivity contribution in [3.63, 3.8) is 0 Å². The molecule has 0 aliphatic rings. The van der Waals surface area contributed by atoms with E-state index < -0.39 is 0 Å². The van der Waals surface area contributed by atoms with E-state index in [0.29, 0.717) is 29.2 Å². The lowest BCUT2D eigenvalue weighted by Gasteiger charge is -2.14. The maximum Gasteiger partial charge on any atom is 0.233 e. The van der Waals surface area contributed by atoms with E-state index in [9.17, 15) is 0 Å². The van der Waals surface area contributed by atoms with Gasteiger partial charge in [0.2, 0.25) is 11.8 Å². The van der Waals surface area contributed by atoms with Crippen LogP contribution in [0, 0.1) is 0 Å². The SMILES string of the molecule is COC[C@H](C)Oc1nc(-c2cnc(Nc3cnn(C)c3)nc2)ccc1Cl. The Kier molecular flexibility index (Phi) is 5.65. The van der Waals surface area contributed by atoms with Gasteiger partial charge < -0.3 is 14.8 Å². The minimum atomic E-state index is -0.164.